The first-order valence-corrected chi connectivity index (χ1v) is 15.5. The summed E-state index contributed by atoms with van der Waals surface area (Å²) in [4.78, 5) is 17.9. The van der Waals surface area contributed by atoms with Crippen LogP contribution in [0.2, 0.25) is 0 Å². The van der Waals surface area contributed by atoms with Crippen LogP contribution >= 0.6 is 0 Å². The number of nitrogens with zero attached hydrogens (tertiary/aromatic N) is 2. The summed E-state index contributed by atoms with van der Waals surface area (Å²) < 4.78 is 6.35. The average Bonchev–Trinajstić information content (AvgIpc) is 3.27. The molecule has 2 saturated heterocycles. The highest BCUT2D eigenvalue weighted by Crippen LogP contribution is 2.22. The second-order valence-electron chi connectivity index (χ2n) is 11.7. The Bertz CT molecular complexity index is 1320. The van der Waals surface area contributed by atoms with Gasteiger partial charge in [-0.1, -0.05) is 66.6 Å². The lowest BCUT2D eigenvalue weighted by Crippen LogP contribution is -2.37. The molecule has 0 spiro atoms. The zero-order chi connectivity index (χ0) is 28.3. The summed E-state index contributed by atoms with van der Waals surface area (Å²) in [5, 5.41) is 0. The zero-order valence-electron chi connectivity index (χ0n) is 24.6. The van der Waals surface area contributed by atoms with Crippen LogP contribution in [0.25, 0.3) is 0 Å². The SMILES string of the molecule is Cc1ccc(C#Cc2cccc(CN3CCC(Oc4cccc(C(=O)CCCN5CCCCCC5)c4)CC3)c2)cc1. The number of carbonyl (C=O) groups is 1. The molecule has 2 fully saturated rings. The van der Waals surface area contributed by atoms with Crippen LogP contribution in [0.3, 0.4) is 0 Å². The monoisotopic (exact) mass is 548 g/mol. The third-order valence-corrected chi connectivity index (χ3v) is 8.31. The van der Waals surface area contributed by atoms with E-state index in [0.29, 0.717) is 6.42 Å². The molecule has 0 atom stereocenters. The van der Waals surface area contributed by atoms with Crippen LogP contribution in [0.5, 0.6) is 5.75 Å². The summed E-state index contributed by atoms with van der Waals surface area (Å²) in [6.45, 7) is 8.42. The van der Waals surface area contributed by atoms with Gasteiger partial charge in [-0.15, -0.1) is 0 Å². The molecule has 3 aromatic carbocycles. The van der Waals surface area contributed by atoms with Crippen LogP contribution in [0.4, 0.5) is 0 Å². The molecular formula is C37H44N2O2. The number of piperidine rings is 1. The molecule has 0 unspecified atom stereocenters. The fourth-order valence-corrected chi connectivity index (χ4v) is 5.87. The third kappa shape index (κ3) is 9.32. The molecule has 2 aliphatic heterocycles. The smallest absolute Gasteiger partial charge is 0.163 e. The van der Waals surface area contributed by atoms with Gasteiger partial charge in [-0.25, -0.2) is 0 Å². The van der Waals surface area contributed by atoms with Gasteiger partial charge in [0.25, 0.3) is 0 Å². The van der Waals surface area contributed by atoms with E-state index >= 15 is 0 Å². The van der Waals surface area contributed by atoms with Gasteiger partial charge in [-0.2, -0.15) is 0 Å². The Morgan fingerprint density at radius 3 is 2.32 bits per heavy atom. The Morgan fingerprint density at radius 2 is 1.54 bits per heavy atom. The minimum atomic E-state index is 0.186. The standard InChI is InChI=1S/C37H44N2O2/c1-30-14-16-31(17-15-30)18-19-32-9-6-10-33(27-32)29-39-25-20-35(21-26-39)41-36-12-7-11-34(28-36)37(40)13-8-24-38-22-4-2-3-5-23-38/h6-7,9-12,14-17,27-28,35H,2-5,8,13,20-26,29H2,1H3. The minimum Gasteiger partial charge on any atom is -0.490 e. The lowest BCUT2D eigenvalue weighted by Gasteiger charge is -2.32. The summed E-state index contributed by atoms with van der Waals surface area (Å²) in [7, 11) is 0. The van der Waals surface area contributed by atoms with Crippen molar-refractivity contribution in [2.75, 3.05) is 32.7 Å². The maximum atomic E-state index is 12.9. The van der Waals surface area contributed by atoms with Gasteiger partial charge in [-0.3, -0.25) is 9.69 Å². The van der Waals surface area contributed by atoms with Crippen molar-refractivity contribution in [1.29, 1.82) is 0 Å². The Labute approximate surface area is 246 Å². The van der Waals surface area contributed by atoms with Gasteiger partial charge in [0.2, 0.25) is 0 Å². The first kappa shape index (κ1) is 29.1. The third-order valence-electron chi connectivity index (χ3n) is 8.31. The molecular weight excluding hydrogens is 504 g/mol. The Kier molecular flexibility index (Phi) is 10.7. The van der Waals surface area contributed by atoms with Crippen LogP contribution in [-0.4, -0.2) is 54.4 Å². The van der Waals surface area contributed by atoms with Crippen molar-refractivity contribution < 1.29 is 9.53 Å². The second kappa shape index (κ2) is 15.0. The number of aryl methyl sites for hydroxylation is 1. The molecule has 0 aromatic heterocycles. The van der Waals surface area contributed by atoms with Gasteiger partial charge < -0.3 is 9.64 Å². The van der Waals surface area contributed by atoms with Crippen molar-refractivity contribution in [2.24, 2.45) is 0 Å². The number of hydrogen-bond acceptors (Lipinski definition) is 4. The summed E-state index contributed by atoms with van der Waals surface area (Å²) in [5.41, 5.74) is 5.42. The highest BCUT2D eigenvalue weighted by molar-refractivity contribution is 5.96. The lowest BCUT2D eigenvalue weighted by molar-refractivity contribution is 0.0948. The minimum absolute atomic E-state index is 0.186. The Morgan fingerprint density at radius 1 is 0.805 bits per heavy atom. The number of likely N-dealkylation sites (tertiary alicyclic amines) is 2. The first-order valence-electron chi connectivity index (χ1n) is 15.5. The second-order valence-corrected chi connectivity index (χ2v) is 11.7. The van der Waals surface area contributed by atoms with Crippen molar-refractivity contribution in [1.82, 2.24) is 9.80 Å². The van der Waals surface area contributed by atoms with E-state index in [2.05, 4.69) is 77.1 Å². The molecule has 2 heterocycles. The van der Waals surface area contributed by atoms with E-state index in [9.17, 15) is 4.79 Å². The number of ketones is 1. The first-order chi connectivity index (χ1) is 20.1. The van der Waals surface area contributed by atoms with Crippen molar-refractivity contribution in [3.8, 4) is 17.6 Å². The molecule has 0 aliphatic carbocycles. The van der Waals surface area contributed by atoms with Crippen molar-refractivity contribution in [2.45, 2.75) is 70.9 Å². The largest absolute Gasteiger partial charge is 0.490 e. The highest BCUT2D eigenvalue weighted by Gasteiger charge is 2.21. The van der Waals surface area contributed by atoms with Gasteiger partial charge in [0.15, 0.2) is 5.78 Å². The van der Waals surface area contributed by atoms with E-state index < -0.39 is 0 Å². The van der Waals surface area contributed by atoms with Gasteiger partial charge in [0, 0.05) is 42.7 Å². The number of rotatable bonds is 9. The van der Waals surface area contributed by atoms with Crippen LogP contribution in [0, 0.1) is 18.8 Å². The molecule has 41 heavy (non-hydrogen) atoms. The van der Waals surface area contributed by atoms with Crippen LogP contribution in [-0.2, 0) is 6.54 Å². The molecule has 214 valence electrons. The predicted molar refractivity (Wildman–Crippen MR) is 167 cm³/mol. The lowest BCUT2D eigenvalue weighted by atomic mass is 10.0. The van der Waals surface area contributed by atoms with Crippen molar-refractivity contribution in [3.63, 3.8) is 0 Å². The number of carbonyl (C=O) groups excluding carboxylic acids is 1. The van der Waals surface area contributed by atoms with E-state index in [-0.39, 0.29) is 11.9 Å². The maximum absolute atomic E-state index is 12.9. The highest BCUT2D eigenvalue weighted by atomic mass is 16.5. The van der Waals surface area contributed by atoms with Gasteiger partial charge >= 0.3 is 0 Å². The van der Waals surface area contributed by atoms with Crippen LogP contribution in [0.1, 0.15) is 84.0 Å². The molecule has 0 bridgehead atoms. The molecule has 0 amide bonds. The zero-order valence-corrected chi connectivity index (χ0v) is 24.6. The fraction of sp³-hybridized carbons (Fsp3) is 0.432. The van der Waals surface area contributed by atoms with E-state index in [1.165, 1.54) is 49.9 Å². The van der Waals surface area contributed by atoms with Gasteiger partial charge in [0.05, 0.1) is 0 Å². The maximum Gasteiger partial charge on any atom is 0.163 e. The van der Waals surface area contributed by atoms with Crippen LogP contribution < -0.4 is 4.74 Å². The number of Topliss-reactive ketones (excluding diaryl/α,β-unsaturated/α-hetero) is 1. The molecule has 4 heteroatoms. The van der Waals surface area contributed by atoms with E-state index in [4.69, 9.17) is 4.74 Å². The predicted octanol–water partition coefficient (Wildman–Crippen LogP) is 7.28. The molecule has 0 saturated carbocycles. The van der Waals surface area contributed by atoms with E-state index in [0.717, 1.165) is 67.9 Å². The van der Waals surface area contributed by atoms with Crippen LogP contribution in [0.15, 0.2) is 72.8 Å². The summed E-state index contributed by atoms with van der Waals surface area (Å²) in [6.07, 6.45) is 8.99. The number of benzene rings is 3. The average molecular weight is 549 g/mol. The van der Waals surface area contributed by atoms with Gasteiger partial charge in [-0.05, 0) is 101 Å². The quantitative estimate of drug-likeness (QED) is 0.208. The van der Waals surface area contributed by atoms with Crippen molar-refractivity contribution in [3.05, 3.63) is 101 Å². The van der Waals surface area contributed by atoms with Gasteiger partial charge in [0.1, 0.15) is 11.9 Å². The molecule has 0 radical (unpaired) electrons. The summed E-state index contributed by atoms with van der Waals surface area (Å²) >= 11 is 0. The molecule has 5 rings (SSSR count). The summed E-state index contributed by atoms with van der Waals surface area (Å²) in [6, 6.07) is 24.8. The van der Waals surface area contributed by atoms with Crippen molar-refractivity contribution >= 4 is 5.78 Å². The van der Waals surface area contributed by atoms with E-state index in [1.54, 1.807) is 0 Å². The topological polar surface area (TPSA) is 32.8 Å². The normalized spacial score (nSPS) is 16.9. The number of ether oxygens (including phenoxy) is 1. The molecule has 3 aromatic rings. The Balaban J connectivity index is 1.06. The molecule has 4 nitrogen and oxygen atoms in total. The number of hydrogen-bond donors (Lipinski definition) is 0. The molecule has 2 aliphatic rings. The summed E-state index contributed by atoms with van der Waals surface area (Å²) in [5.74, 6) is 7.65. The molecule has 0 N–H and O–H groups in total. The Hall–Kier alpha value is -3.39. The fourth-order valence-electron chi connectivity index (χ4n) is 5.87. The van der Waals surface area contributed by atoms with E-state index in [1.807, 2.05) is 24.3 Å².